The van der Waals surface area contributed by atoms with Crippen molar-refractivity contribution >= 4 is 11.1 Å². The average molecular weight is 234 g/mol. The van der Waals surface area contributed by atoms with Crippen LogP contribution in [0.2, 0.25) is 0 Å². The number of unbranched alkanes of at least 4 members (excludes halogenated alkanes) is 1. The number of para-hydroxylation sites is 2. The molecule has 2 rings (SSSR count). The van der Waals surface area contributed by atoms with E-state index in [0.29, 0.717) is 12.1 Å². The summed E-state index contributed by atoms with van der Waals surface area (Å²) < 4.78 is 6.83. The number of hydrogen-bond donors (Lipinski definition) is 1. The largest absolute Gasteiger partial charge is 0.419 e. The molecule has 4 nitrogen and oxygen atoms in total. The lowest BCUT2D eigenvalue weighted by Crippen LogP contribution is -2.25. The fourth-order valence-corrected chi connectivity index (χ4v) is 1.84. The highest BCUT2D eigenvalue weighted by Gasteiger charge is 2.06. The first-order chi connectivity index (χ1) is 8.33. The summed E-state index contributed by atoms with van der Waals surface area (Å²) in [5.74, 6) is -0.275. The zero-order chi connectivity index (χ0) is 12.1. The number of rotatable bonds is 6. The van der Waals surface area contributed by atoms with Gasteiger partial charge in [0.1, 0.15) is 0 Å². The van der Waals surface area contributed by atoms with E-state index in [1.165, 1.54) is 12.8 Å². The predicted molar refractivity (Wildman–Crippen MR) is 68.3 cm³/mol. The SMILES string of the molecule is CCCCNCCn1c(=O)oc2ccccc21. The molecular formula is C13H18N2O2. The van der Waals surface area contributed by atoms with E-state index in [2.05, 4.69) is 12.2 Å². The maximum Gasteiger partial charge on any atom is 0.419 e. The molecule has 17 heavy (non-hydrogen) atoms. The van der Waals surface area contributed by atoms with Crippen LogP contribution in [0, 0.1) is 0 Å². The summed E-state index contributed by atoms with van der Waals surface area (Å²) >= 11 is 0. The summed E-state index contributed by atoms with van der Waals surface area (Å²) in [4.78, 5) is 11.6. The Kier molecular flexibility index (Phi) is 3.98. The van der Waals surface area contributed by atoms with Gasteiger partial charge in [-0.15, -0.1) is 0 Å². The molecule has 1 aromatic carbocycles. The van der Waals surface area contributed by atoms with Crippen LogP contribution in [-0.2, 0) is 6.54 Å². The highest BCUT2D eigenvalue weighted by Crippen LogP contribution is 2.10. The monoisotopic (exact) mass is 234 g/mol. The van der Waals surface area contributed by atoms with Crippen molar-refractivity contribution in [2.24, 2.45) is 0 Å². The minimum Gasteiger partial charge on any atom is -0.408 e. The fraction of sp³-hybridized carbons (Fsp3) is 0.462. The topological polar surface area (TPSA) is 47.2 Å². The third kappa shape index (κ3) is 2.77. The third-order valence-corrected chi connectivity index (χ3v) is 2.79. The van der Waals surface area contributed by atoms with Gasteiger partial charge >= 0.3 is 5.76 Å². The van der Waals surface area contributed by atoms with E-state index in [1.807, 2.05) is 24.3 Å². The van der Waals surface area contributed by atoms with E-state index in [-0.39, 0.29) is 5.76 Å². The van der Waals surface area contributed by atoms with Gasteiger partial charge in [-0.25, -0.2) is 4.79 Å². The Labute approximate surface area is 100 Å². The number of oxazole rings is 1. The summed E-state index contributed by atoms with van der Waals surface area (Å²) in [7, 11) is 0. The Hall–Kier alpha value is -1.55. The van der Waals surface area contributed by atoms with Crippen molar-refractivity contribution in [3.05, 3.63) is 34.8 Å². The molecule has 0 atom stereocenters. The number of aromatic nitrogens is 1. The lowest BCUT2D eigenvalue weighted by molar-refractivity contribution is 0.492. The van der Waals surface area contributed by atoms with Crippen molar-refractivity contribution in [2.75, 3.05) is 13.1 Å². The van der Waals surface area contributed by atoms with E-state index in [0.717, 1.165) is 18.6 Å². The van der Waals surface area contributed by atoms with Gasteiger partial charge < -0.3 is 9.73 Å². The van der Waals surface area contributed by atoms with E-state index < -0.39 is 0 Å². The predicted octanol–water partition coefficient (Wildman–Crippen LogP) is 1.98. The van der Waals surface area contributed by atoms with Crippen molar-refractivity contribution in [1.29, 1.82) is 0 Å². The standard InChI is InChI=1S/C13H18N2O2/c1-2-3-8-14-9-10-15-11-6-4-5-7-12(11)17-13(15)16/h4-7,14H,2-3,8-10H2,1H3. The quantitative estimate of drug-likeness (QED) is 0.777. The normalized spacial score (nSPS) is 11.1. The van der Waals surface area contributed by atoms with Crippen LogP contribution in [0.15, 0.2) is 33.5 Å². The highest BCUT2D eigenvalue weighted by atomic mass is 16.4. The van der Waals surface area contributed by atoms with Gasteiger partial charge in [0, 0.05) is 13.1 Å². The van der Waals surface area contributed by atoms with Gasteiger partial charge in [0.2, 0.25) is 0 Å². The molecule has 0 saturated carbocycles. The van der Waals surface area contributed by atoms with E-state index in [4.69, 9.17) is 4.42 Å². The number of hydrogen-bond acceptors (Lipinski definition) is 3. The summed E-state index contributed by atoms with van der Waals surface area (Å²) in [6, 6.07) is 7.51. The minimum atomic E-state index is -0.275. The van der Waals surface area contributed by atoms with Gasteiger partial charge in [-0.3, -0.25) is 4.57 Å². The molecule has 92 valence electrons. The first-order valence-corrected chi connectivity index (χ1v) is 6.12. The van der Waals surface area contributed by atoms with Gasteiger partial charge in [0.05, 0.1) is 5.52 Å². The highest BCUT2D eigenvalue weighted by molar-refractivity contribution is 5.72. The zero-order valence-corrected chi connectivity index (χ0v) is 10.1. The van der Waals surface area contributed by atoms with Crippen molar-refractivity contribution < 1.29 is 4.42 Å². The summed E-state index contributed by atoms with van der Waals surface area (Å²) in [6.45, 7) is 4.61. The van der Waals surface area contributed by atoms with Crippen LogP contribution in [0.5, 0.6) is 0 Å². The Morgan fingerprint density at radius 3 is 2.94 bits per heavy atom. The molecule has 0 aliphatic rings. The second-order valence-corrected chi connectivity index (χ2v) is 4.09. The second kappa shape index (κ2) is 5.68. The van der Waals surface area contributed by atoms with E-state index in [9.17, 15) is 4.79 Å². The Bertz CT molecular complexity index is 527. The van der Waals surface area contributed by atoms with Gasteiger partial charge in [0.25, 0.3) is 0 Å². The molecule has 0 unspecified atom stereocenters. The van der Waals surface area contributed by atoms with Gasteiger partial charge in [-0.05, 0) is 25.1 Å². The van der Waals surface area contributed by atoms with Crippen molar-refractivity contribution in [3.63, 3.8) is 0 Å². The molecule has 0 aliphatic carbocycles. The molecular weight excluding hydrogens is 216 g/mol. The van der Waals surface area contributed by atoms with Crippen LogP contribution in [0.1, 0.15) is 19.8 Å². The lowest BCUT2D eigenvalue weighted by Gasteiger charge is -2.04. The molecule has 4 heteroatoms. The van der Waals surface area contributed by atoms with Crippen LogP contribution < -0.4 is 11.1 Å². The molecule has 0 saturated heterocycles. The zero-order valence-electron chi connectivity index (χ0n) is 10.1. The van der Waals surface area contributed by atoms with Gasteiger partial charge in [0.15, 0.2) is 5.58 Å². The molecule has 0 fully saturated rings. The first kappa shape index (κ1) is 11.9. The van der Waals surface area contributed by atoms with Crippen LogP contribution in [-0.4, -0.2) is 17.7 Å². The Morgan fingerprint density at radius 1 is 1.29 bits per heavy atom. The molecule has 0 spiro atoms. The lowest BCUT2D eigenvalue weighted by atomic mass is 10.3. The number of nitrogens with one attached hydrogen (secondary N) is 1. The second-order valence-electron chi connectivity index (χ2n) is 4.09. The molecule has 0 amide bonds. The average Bonchev–Trinajstić information content (AvgIpc) is 2.65. The van der Waals surface area contributed by atoms with E-state index >= 15 is 0 Å². The molecule has 2 aromatic rings. The van der Waals surface area contributed by atoms with Crippen LogP contribution in [0.25, 0.3) is 11.1 Å². The summed E-state index contributed by atoms with van der Waals surface area (Å²) in [6.07, 6.45) is 2.35. The summed E-state index contributed by atoms with van der Waals surface area (Å²) in [5.41, 5.74) is 1.53. The fourth-order valence-electron chi connectivity index (χ4n) is 1.84. The molecule has 0 bridgehead atoms. The van der Waals surface area contributed by atoms with E-state index in [1.54, 1.807) is 4.57 Å². The van der Waals surface area contributed by atoms with Crippen molar-refractivity contribution in [3.8, 4) is 0 Å². The van der Waals surface area contributed by atoms with Crippen molar-refractivity contribution in [1.82, 2.24) is 9.88 Å². The number of benzene rings is 1. The maximum absolute atomic E-state index is 11.6. The first-order valence-electron chi connectivity index (χ1n) is 6.12. The Balaban J connectivity index is 2.03. The Morgan fingerprint density at radius 2 is 2.12 bits per heavy atom. The molecule has 1 N–H and O–H groups in total. The van der Waals surface area contributed by atoms with Gasteiger partial charge in [-0.2, -0.15) is 0 Å². The smallest absolute Gasteiger partial charge is 0.408 e. The van der Waals surface area contributed by atoms with Gasteiger partial charge in [-0.1, -0.05) is 25.5 Å². The molecule has 0 aliphatic heterocycles. The molecule has 0 radical (unpaired) electrons. The van der Waals surface area contributed by atoms with Crippen molar-refractivity contribution in [2.45, 2.75) is 26.3 Å². The van der Waals surface area contributed by atoms with Crippen LogP contribution in [0.4, 0.5) is 0 Å². The number of fused-ring (bicyclic) bond motifs is 1. The molecule has 1 heterocycles. The van der Waals surface area contributed by atoms with Crippen LogP contribution >= 0.6 is 0 Å². The number of nitrogens with zero attached hydrogens (tertiary/aromatic N) is 1. The minimum absolute atomic E-state index is 0.275. The molecule has 1 aromatic heterocycles. The van der Waals surface area contributed by atoms with Crippen LogP contribution in [0.3, 0.4) is 0 Å². The summed E-state index contributed by atoms with van der Waals surface area (Å²) in [5, 5.41) is 3.32. The maximum atomic E-state index is 11.6. The third-order valence-electron chi connectivity index (χ3n) is 2.79.